The normalized spacial score (nSPS) is 19.8. The average Bonchev–Trinajstić information content (AvgIpc) is 2.49. The van der Waals surface area contributed by atoms with Gasteiger partial charge in [-0.05, 0) is 49.4 Å². The van der Waals surface area contributed by atoms with Crippen LogP contribution in [-0.2, 0) is 9.59 Å². The lowest BCUT2D eigenvalue weighted by atomic mass is 9.86. The molecule has 5 nitrogen and oxygen atoms in total. The fourth-order valence-corrected chi connectivity index (χ4v) is 3.31. The zero-order chi connectivity index (χ0) is 19.9. The Morgan fingerprint density at radius 3 is 2.42 bits per heavy atom. The summed E-state index contributed by atoms with van der Waals surface area (Å²) in [6.45, 7) is 4.96. The molecule has 2 rings (SSSR count). The van der Waals surface area contributed by atoms with Crippen LogP contribution in [0.4, 0.5) is 18.9 Å². The molecule has 1 fully saturated rings. The highest BCUT2D eigenvalue weighted by Crippen LogP contribution is 2.34. The van der Waals surface area contributed by atoms with E-state index < -0.39 is 6.36 Å². The molecule has 1 aliphatic carbocycles. The molecule has 0 aromatic heterocycles. The van der Waals surface area contributed by atoms with E-state index in [0.29, 0.717) is 17.2 Å². The van der Waals surface area contributed by atoms with Gasteiger partial charge in [-0.25, -0.2) is 0 Å². The van der Waals surface area contributed by atoms with Gasteiger partial charge in [0.25, 0.3) is 6.47 Å². The highest BCUT2D eigenvalue weighted by Gasteiger charge is 2.32. The molecule has 1 aromatic carbocycles. The topological polar surface area (TPSA) is 66.8 Å². The summed E-state index contributed by atoms with van der Waals surface area (Å²) in [6, 6.07) is 4.49. The molecule has 0 aliphatic heterocycles. The second-order valence-electron chi connectivity index (χ2n) is 6.42. The van der Waals surface area contributed by atoms with Crippen molar-refractivity contribution in [2.75, 3.05) is 4.90 Å². The Hall–Kier alpha value is -2.25. The molecule has 2 unspecified atom stereocenters. The van der Waals surface area contributed by atoms with Gasteiger partial charge < -0.3 is 14.7 Å². The van der Waals surface area contributed by atoms with Crippen LogP contribution < -0.4 is 9.64 Å². The van der Waals surface area contributed by atoms with E-state index in [1.165, 1.54) is 19.1 Å². The number of benzene rings is 1. The highest BCUT2D eigenvalue weighted by molar-refractivity contribution is 5.92. The van der Waals surface area contributed by atoms with Gasteiger partial charge in [-0.15, -0.1) is 13.2 Å². The third-order valence-electron chi connectivity index (χ3n) is 4.28. The molecular formula is C18H24F3NO4. The molecule has 1 N–H and O–H groups in total. The summed E-state index contributed by atoms with van der Waals surface area (Å²) in [5, 5.41) is 6.89. The van der Waals surface area contributed by atoms with Crippen molar-refractivity contribution >= 4 is 18.1 Å². The van der Waals surface area contributed by atoms with Crippen LogP contribution >= 0.6 is 0 Å². The summed E-state index contributed by atoms with van der Waals surface area (Å²) >= 11 is 0. The molecule has 8 heteroatoms. The Kier molecular flexibility index (Phi) is 7.92. The third kappa shape index (κ3) is 6.57. The van der Waals surface area contributed by atoms with Crippen molar-refractivity contribution in [3.63, 3.8) is 0 Å². The predicted molar refractivity (Wildman–Crippen MR) is 91.1 cm³/mol. The first-order valence-electron chi connectivity index (χ1n) is 8.33. The maximum atomic E-state index is 12.4. The van der Waals surface area contributed by atoms with Crippen LogP contribution in [-0.4, -0.2) is 29.9 Å². The first-order chi connectivity index (χ1) is 12.1. The predicted octanol–water partition coefficient (Wildman–Crippen LogP) is 4.53. The van der Waals surface area contributed by atoms with E-state index in [1.807, 2.05) is 0 Å². The Labute approximate surface area is 150 Å². The van der Waals surface area contributed by atoms with Gasteiger partial charge in [-0.3, -0.25) is 9.59 Å². The fraction of sp³-hybridized carbons (Fsp3) is 0.556. The molecule has 1 saturated carbocycles. The number of hydrogen-bond acceptors (Lipinski definition) is 3. The summed E-state index contributed by atoms with van der Waals surface area (Å²) in [7, 11) is 0. The van der Waals surface area contributed by atoms with Crippen molar-refractivity contribution in [1.82, 2.24) is 0 Å². The molecule has 0 bridgehead atoms. The minimum Gasteiger partial charge on any atom is -0.483 e. The van der Waals surface area contributed by atoms with Crippen LogP contribution in [0.15, 0.2) is 18.2 Å². The van der Waals surface area contributed by atoms with Crippen molar-refractivity contribution in [2.24, 2.45) is 5.92 Å². The van der Waals surface area contributed by atoms with E-state index in [1.54, 1.807) is 17.9 Å². The van der Waals surface area contributed by atoms with Gasteiger partial charge in [0, 0.05) is 18.7 Å². The number of rotatable bonds is 3. The van der Waals surface area contributed by atoms with E-state index in [0.717, 1.165) is 25.7 Å². The number of amides is 1. The standard InChI is InChI=1S/C17H22F3NO2.CH2O2/c1-11-5-4-6-14(9-11)21(13(3)22)15-7-8-16(12(2)10-15)23-17(18,19)20;2-1-3/h7-8,10-11,14H,4-6,9H2,1-3H3;1H,(H,2,3). The first kappa shape index (κ1) is 21.8. The Balaban J connectivity index is 0.00000105. The molecule has 0 heterocycles. The Morgan fingerprint density at radius 1 is 1.35 bits per heavy atom. The van der Waals surface area contributed by atoms with Gasteiger partial charge in [0.1, 0.15) is 5.75 Å². The molecule has 0 radical (unpaired) electrons. The lowest BCUT2D eigenvalue weighted by molar-refractivity contribution is -0.274. The van der Waals surface area contributed by atoms with E-state index in [9.17, 15) is 18.0 Å². The van der Waals surface area contributed by atoms with Crippen LogP contribution in [0.2, 0.25) is 0 Å². The van der Waals surface area contributed by atoms with Crippen molar-refractivity contribution in [3.8, 4) is 5.75 Å². The number of anilines is 1. The number of carboxylic acid groups (broad SMARTS) is 1. The summed E-state index contributed by atoms with van der Waals surface area (Å²) in [5.41, 5.74) is 0.985. The van der Waals surface area contributed by atoms with Gasteiger partial charge in [0.05, 0.1) is 0 Å². The molecule has 2 atom stereocenters. The average molecular weight is 375 g/mol. The summed E-state index contributed by atoms with van der Waals surface area (Å²) in [4.78, 5) is 22.2. The number of alkyl halides is 3. The number of halogens is 3. The van der Waals surface area contributed by atoms with E-state index in [4.69, 9.17) is 9.90 Å². The maximum Gasteiger partial charge on any atom is 0.573 e. The lowest BCUT2D eigenvalue weighted by Crippen LogP contribution is -2.41. The molecule has 0 saturated heterocycles. The maximum absolute atomic E-state index is 12.4. The van der Waals surface area contributed by atoms with Crippen LogP contribution in [0.1, 0.15) is 45.1 Å². The molecule has 1 aliphatic rings. The number of hydrogen-bond donors (Lipinski definition) is 1. The minimum absolute atomic E-state index is 0.0898. The van der Waals surface area contributed by atoms with Gasteiger partial charge in [0.15, 0.2) is 0 Å². The molecule has 1 aromatic rings. The largest absolute Gasteiger partial charge is 0.573 e. The number of nitrogens with zero attached hydrogens (tertiary/aromatic N) is 1. The van der Waals surface area contributed by atoms with Crippen molar-refractivity contribution < 1.29 is 32.6 Å². The summed E-state index contributed by atoms with van der Waals surface area (Å²) < 4.78 is 41.1. The Morgan fingerprint density at radius 2 is 1.96 bits per heavy atom. The van der Waals surface area contributed by atoms with Crippen molar-refractivity contribution in [3.05, 3.63) is 23.8 Å². The van der Waals surface area contributed by atoms with E-state index in [-0.39, 0.29) is 24.2 Å². The smallest absolute Gasteiger partial charge is 0.483 e. The number of carbonyl (C=O) groups is 2. The summed E-state index contributed by atoms with van der Waals surface area (Å²) in [6.07, 6.45) is -0.669. The highest BCUT2D eigenvalue weighted by atomic mass is 19.4. The second-order valence-corrected chi connectivity index (χ2v) is 6.42. The first-order valence-corrected chi connectivity index (χ1v) is 8.33. The number of ether oxygens (including phenoxy) is 1. The molecule has 26 heavy (non-hydrogen) atoms. The van der Waals surface area contributed by atoms with Crippen LogP contribution in [0.3, 0.4) is 0 Å². The van der Waals surface area contributed by atoms with Crippen LogP contribution in [0, 0.1) is 12.8 Å². The zero-order valence-electron chi connectivity index (χ0n) is 15.0. The minimum atomic E-state index is -4.72. The molecular weight excluding hydrogens is 351 g/mol. The van der Waals surface area contributed by atoms with Gasteiger partial charge in [-0.2, -0.15) is 0 Å². The second kappa shape index (κ2) is 9.45. The monoisotopic (exact) mass is 375 g/mol. The lowest BCUT2D eigenvalue weighted by Gasteiger charge is -2.36. The van der Waals surface area contributed by atoms with Crippen LogP contribution in [0.5, 0.6) is 5.75 Å². The van der Waals surface area contributed by atoms with Crippen molar-refractivity contribution in [1.29, 1.82) is 0 Å². The SMILES string of the molecule is CC(=O)N(c1ccc(OC(F)(F)F)c(C)c1)C1CCCC(C)C1.O=CO. The van der Waals surface area contributed by atoms with Gasteiger partial charge >= 0.3 is 6.36 Å². The fourth-order valence-electron chi connectivity index (χ4n) is 3.31. The summed E-state index contributed by atoms with van der Waals surface area (Å²) in [5.74, 6) is 0.222. The molecule has 0 spiro atoms. The number of carbonyl (C=O) groups excluding carboxylic acids is 1. The van der Waals surface area contributed by atoms with E-state index >= 15 is 0 Å². The third-order valence-corrected chi connectivity index (χ3v) is 4.28. The van der Waals surface area contributed by atoms with Gasteiger partial charge in [0.2, 0.25) is 5.91 Å². The number of aryl methyl sites for hydroxylation is 1. The van der Waals surface area contributed by atoms with Gasteiger partial charge in [-0.1, -0.05) is 19.8 Å². The Bertz CT molecular complexity index is 619. The van der Waals surface area contributed by atoms with Crippen molar-refractivity contribution in [2.45, 2.75) is 58.9 Å². The van der Waals surface area contributed by atoms with E-state index in [2.05, 4.69) is 11.7 Å². The quantitative estimate of drug-likeness (QED) is 0.789. The molecule has 1 amide bonds. The van der Waals surface area contributed by atoms with Crippen LogP contribution in [0.25, 0.3) is 0 Å². The zero-order valence-corrected chi connectivity index (χ0v) is 15.0. The molecule has 146 valence electrons.